The maximum atomic E-state index is 10.3. The van der Waals surface area contributed by atoms with E-state index >= 15 is 0 Å². The molecular formula is C22H25ClN4O4. The van der Waals surface area contributed by atoms with E-state index in [9.17, 15) is 9.59 Å². The number of halogens is 1. The number of carbonyl (C=O) groups is 2. The molecule has 4 N–H and O–H groups in total. The summed E-state index contributed by atoms with van der Waals surface area (Å²) in [4.78, 5) is 35.7. The molecule has 0 amide bonds. The lowest BCUT2D eigenvalue weighted by molar-refractivity contribution is -0.138. The smallest absolute Gasteiger partial charge is 0.303 e. The first-order valence-electron chi connectivity index (χ1n) is 9.82. The first kappa shape index (κ1) is 23.9. The van der Waals surface area contributed by atoms with E-state index in [0.717, 1.165) is 33.7 Å². The van der Waals surface area contributed by atoms with Crippen LogP contribution in [-0.4, -0.2) is 42.1 Å². The number of fused-ring (bicyclic) bond motifs is 2. The number of nitrogens with zero attached hydrogens (tertiary/aromatic N) is 2. The largest absolute Gasteiger partial charge is 0.481 e. The molecule has 4 aromatic rings. The van der Waals surface area contributed by atoms with Crippen molar-refractivity contribution in [3.63, 3.8) is 0 Å². The molecule has 0 spiro atoms. The highest BCUT2D eigenvalue weighted by molar-refractivity contribution is 5.85. The van der Waals surface area contributed by atoms with Gasteiger partial charge in [0.25, 0.3) is 0 Å². The van der Waals surface area contributed by atoms with Crippen molar-refractivity contribution in [1.29, 1.82) is 0 Å². The van der Waals surface area contributed by atoms with Crippen molar-refractivity contribution >= 4 is 46.4 Å². The first-order chi connectivity index (χ1) is 14.5. The molecule has 0 saturated carbocycles. The third kappa shape index (κ3) is 7.42. The minimum absolute atomic E-state index is 0. The van der Waals surface area contributed by atoms with E-state index in [1.54, 1.807) is 0 Å². The number of hydrogen-bond donors (Lipinski definition) is 4. The molecule has 4 rings (SSSR count). The van der Waals surface area contributed by atoms with Crippen LogP contribution < -0.4 is 0 Å². The molecule has 0 fully saturated rings. The van der Waals surface area contributed by atoms with Gasteiger partial charge in [0.15, 0.2) is 0 Å². The molecular weight excluding hydrogens is 420 g/mol. The molecule has 164 valence electrons. The van der Waals surface area contributed by atoms with Gasteiger partial charge in [-0.05, 0) is 37.1 Å². The Labute approximate surface area is 185 Å². The van der Waals surface area contributed by atoms with Crippen LogP contribution in [0.4, 0.5) is 0 Å². The van der Waals surface area contributed by atoms with E-state index < -0.39 is 11.9 Å². The highest BCUT2D eigenvalue weighted by Gasteiger charge is 2.04. The molecule has 0 aliphatic heterocycles. The number of carboxylic acids is 2. The number of nitrogens with one attached hydrogen (secondary N) is 2. The fraction of sp³-hybridized carbons (Fsp3) is 0.273. The van der Waals surface area contributed by atoms with Gasteiger partial charge in [0.1, 0.15) is 11.6 Å². The minimum atomic E-state index is -0.758. The highest BCUT2D eigenvalue weighted by Crippen LogP contribution is 2.12. The zero-order valence-electron chi connectivity index (χ0n) is 16.9. The van der Waals surface area contributed by atoms with Crippen LogP contribution in [0.1, 0.15) is 37.3 Å². The summed E-state index contributed by atoms with van der Waals surface area (Å²) in [6.07, 6.45) is 2.99. The van der Waals surface area contributed by atoms with Gasteiger partial charge in [-0.15, -0.1) is 12.4 Å². The monoisotopic (exact) mass is 444 g/mol. The van der Waals surface area contributed by atoms with Gasteiger partial charge in [-0.25, -0.2) is 9.97 Å². The molecule has 0 aliphatic rings. The highest BCUT2D eigenvalue weighted by atomic mass is 35.5. The summed E-state index contributed by atoms with van der Waals surface area (Å²) in [7, 11) is 0. The zero-order chi connectivity index (χ0) is 21.3. The quantitative estimate of drug-likeness (QED) is 0.319. The predicted octanol–water partition coefficient (Wildman–Crippen LogP) is 4.36. The van der Waals surface area contributed by atoms with E-state index in [1.165, 1.54) is 0 Å². The standard InChI is InChI=1S/2C11H12N2O2.ClH/c2*14-11(15)7-3-6-10-12-8-4-1-2-5-9(8)13-10;/h2*1-2,4-5H,3,6-7H2,(H,12,13)(H,14,15);1H. The number of aromatic nitrogens is 4. The summed E-state index contributed by atoms with van der Waals surface area (Å²) in [5.41, 5.74) is 3.87. The third-order valence-electron chi connectivity index (χ3n) is 4.49. The van der Waals surface area contributed by atoms with Crippen LogP contribution in [0.3, 0.4) is 0 Å². The SMILES string of the molecule is Cl.O=C(O)CCCc1nc2ccccc2[nH]1.O=C(O)CCCc1nc2ccccc2[nH]1. The molecule has 0 aliphatic carbocycles. The molecule has 2 heterocycles. The second-order valence-corrected chi connectivity index (χ2v) is 6.90. The van der Waals surface area contributed by atoms with E-state index in [2.05, 4.69) is 19.9 Å². The average molecular weight is 445 g/mol. The molecule has 8 nitrogen and oxygen atoms in total. The lowest BCUT2D eigenvalue weighted by atomic mass is 10.2. The van der Waals surface area contributed by atoms with Gasteiger partial charge >= 0.3 is 11.9 Å². The molecule has 9 heteroatoms. The first-order valence-corrected chi connectivity index (χ1v) is 9.82. The topological polar surface area (TPSA) is 132 Å². The van der Waals surface area contributed by atoms with E-state index in [1.807, 2.05) is 48.5 Å². The second-order valence-electron chi connectivity index (χ2n) is 6.90. The van der Waals surface area contributed by atoms with Crippen LogP contribution in [0.2, 0.25) is 0 Å². The van der Waals surface area contributed by atoms with Crippen LogP contribution in [0.5, 0.6) is 0 Å². The van der Waals surface area contributed by atoms with Crippen LogP contribution in [-0.2, 0) is 22.4 Å². The molecule has 2 aromatic carbocycles. The molecule has 31 heavy (non-hydrogen) atoms. The Hall–Kier alpha value is -3.39. The third-order valence-corrected chi connectivity index (χ3v) is 4.49. The maximum absolute atomic E-state index is 10.3. The Balaban J connectivity index is 0.000000213. The minimum Gasteiger partial charge on any atom is -0.481 e. The summed E-state index contributed by atoms with van der Waals surface area (Å²) in [6, 6.07) is 15.6. The van der Waals surface area contributed by atoms with Gasteiger partial charge in [0, 0.05) is 25.7 Å². The van der Waals surface area contributed by atoms with Gasteiger partial charge in [0.2, 0.25) is 0 Å². The van der Waals surface area contributed by atoms with E-state index in [-0.39, 0.29) is 25.2 Å². The molecule has 0 bridgehead atoms. The van der Waals surface area contributed by atoms with E-state index in [4.69, 9.17) is 10.2 Å². The number of aryl methyl sites for hydroxylation is 2. The Kier molecular flexibility index (Phi) is 9.02. The fourth-order valence-corrected chi connectivity index (χ4v) is 3.06. The van der Waals surface area contributed by atoms with Gasteiger partial charge in [0.05, 0.1) is 22.1 Å². The van der Waals surface area contributed by atoms with Gasteiger partial charge in [-0.3, -0.25) is 9.59 Å². The summed E-state index contributed by atoms with van der Waals surface area (Å²) in [5.74, 6) is 0.201. The average Bonchev–Trinajstić information content (AvgIpc) is 3.30. The Morgan fingerprint density at radius 3 is 1.45 bits per heavy atom. The summed E-state index contributed by atoms with van der Waals surface area (Å²) in [6.45, 7) is 0. The molecule has 0 atom stereocenters. The lowest BCUT2D eigenvalue weighted by Crippen LogP contribution is -1.96. The fourth-order valence-electron chi connectivity index (χ4n) is 3.06. The number of aromatic amines is 2. The van der Waals surface area contributed by atoms with Gasteiger partial charge < -0.3 is 20.2 Å². The normalized spacial score (nSPS) is 10.3. The van der Waals surface area contributed by atoms with Crippen molar-refractivity contribution in [2.24, 2.45) is 0 Å². The second kappa shape index (κ2) is 11.7. The number of carboxylic acid groups (broad SMARTS) is 2. The Bertz CT molecular complexity index is 983. The number of hydrogen-bond acceptors (Lipinski definition) is 4. The van der Waals surface area contributed by atoms with Crippen LogP contribution in [0.15, 0.2) is 48.5 Å². The summed E-state index contributed by atoms with van der Waals surface area (Å²) < 4.78 is 0. The Morgan fingerprint density at radius 1 is 0.710 bits per heavy atom. The number of rotatable bonds is 8. The van der Waals surface area contributed by atoms with Crippen LogP contribution >= 0.6 is 12.4 Å². The number of imidazole rings is 2. The summed E-state index contributed by atoms with van der Waals surface area (Å²) in [5, 5.41) is 17.0. The lowest BCUT2D eigenvalue weighted by Gasteiger charge is -1.92. The van der Waals surface area contributed by atoms with E-state index in [0.29, 0.717) is 25.7 Å². The maximum Gasteiger partial charge on any atom is 0.303 e. The van der Waals surface area contributed by atoms with Crippen molar-refractivity contribution in [2.45, 2.75) is 38.5 Å². The molecule has 0 radical (unpaired) electrons. The molecule has 0 saturated heterocycles. The van der Waals surface area contributed by atoms with Crippen LogP contribution in [0.25, 0.3) is 22.1 Å². The van der Waals surface area contributed by atoms with Crippen molar-refractivity contribution in [1.82, 2.24) is 19.9 Å². The number of aliphatic carboxylic acids is 2. The van der Waals surface area contributed by atoms with Crippen molar-refractivity contribution in [3.05, 3.63) is 60.2 Å². The number of H-pyrrole nitrogens is 2. The number of benzene rings is 2. The summed E-state index contributed by atoms with van der Waals surface area (Å²) >= 11 is 0. The van der Waals surface area contributed by atoms with Gasteiger partial charge in [-0.2, -0.15) is 0 Å². The van der Waals surface area contributed by atoms with Crippen molar-refractivity contribution in [2.75, 3.05) is 0 Å². The van der Waals surface area contributed by atoms with Crippen LogP contribution in [0, 0.1) is 0 Å². The van der Waals surface area contributed by atoms with Crippen molar-refractivity contribution in [3.8, 4) is 0 Å². The predicted molar refractivity (Wildman–Crippen MR) is 121 cm³/mol. The zero-order valence-corrected chi connectivity index (χ0v) is 17.7. The molecule has 2 aromatic heterocycles. The number of para-hydroxylation sites is 4. The van der Waals surface area contributed by atoms with Crippen molar-refractivity contribution < 1.29 is 19.8 Å². The Morgan fingerprint density at radius 2 is 1.10 bits per heavy atom. The molecule has 0 unspecified atom stereocenters. The van der Waals surface area contributed by atoms with Gasteiger partial charge in [-0.1, -0.05) is 24.3 Å².